The number of nitrogens with one attached hydrogen (secondary N) is 2. The number of amides is 3. The zero-order valence-corrected chi connectivity index (χ0v) is 25.8. The van der Waals surface area contributed by atoms with Crippen LogP contribution in [0.1, 0.15) is 43.4 Å². The fourth-order valence-corrected chi connectivity index (χ4v) is 5.71. The van der Waals surface area contributed by atoms with E-state index in [1.807, 2.05) is 6.07 Å². The number of hydrogen-bond acceptors (Lipinski definition) is 7. The van der Waals surface area contributed by atoms with Crippen LogP contribution in [0, 0.1) is 11.3 Å². The summed E-state index contributed by atoms with van der Waals surface area (Å²) in [5, 5.41) is 11.9. The van der Waals surface area contributed by atoms with Gasteiger partial charge in [-0.15, -0.1) is 0 Å². The first-order chi connectivity index (χ1) is 21.2. The van der Waals surface area contributed by atoms with Crippen molar-refractivity contribution in [3.8, 4) is 6.07 Å². The Bertz CT molecular complexity index is 1760. The molecule has 3 amide bonds. The van der Waals surface area contributed by atoms with Gasteiger partial charge < -0.3 is 5.32 Å². The summed E-state index contributed by atoms with van der Waals surface area (Å²) in [7, 11) is -3.75. The number of halogens is 3. The van der Waals surface area contributed by atoms with Crippen LogP contribution in [-0.4, -0.2) is 55.9 Å². The second-order valence-corrected chi connectivity index (χ2v) is 12.7. The normalized spacial score (nSPS) is 15.7. The Balaban J connectivity index is 1.88. The molecule has 1 aliphatic heterocycles. The first kappa shape index (κ1) is 33.3. The highest BCUT2D eigenvalue weighted by molar-refractivity contribution is 7.92. The Morgan fingerprint density at radius 2 is 1.93 bits per heavy atom. The first-order valence-corrected chi connectivity index (χ1v) is 15.9. The molecule has 45 heavy (non-hydrogen) atoms. The van der Waals surface area contributed by atoms with E-state index < -0.39 is 58.7 Å². The van der Waals surface area contributed by atoms with Crippen molar-refractivity contribution in [2.45, 2.75) is 44.2 Å². The van der Waals surface area contributed by atoms with Gasteiger partial charge in [-0.2, -0.15) is 5.26 Å². The zero-order valence-electron chi connectivity index (χ0n) is 24.2. The predicted octanol–water partition coefficient (Wildman–Crippen LogP) is 4.41. The van der Waals surface area contributed by atoms with Gasteiger partial charge in [-0.1, -0.05) is 35.9 Å². The number of carbonyl (C=O) groups is 3. The Kier molecular flexibility index (Phi) is 10.0. The number of aromatic nitrogens is 1. The van der Waals surface area contributed by atoms with Crippen molar-refractivity contribution in [2.75, 3.05) is 27.3 Å². The van der Waals surface area contributed by atoms with Crippen LogP contribution in [0.25, 0.3) is 0 Å². The second kappa shape index (κ2) is 13.6. The highest BCUT2D eigenvalue weighted by Gasteiger charge is 2.44. The number of pyridine rings is 1. The third-order valence-electron chi connectivity index (χ3n) is 6.85. The molecule has 1 aromatic heterocycles. The van der Waals surface area contributed by atoms with Crippen LogP contribution >= 0.6 is 11.6 Å². The fraction of sp³-hybridized carbons (Fsp3) is 0.300. The lowest BCUT2D eigenvalue weighted by Gasteiger charge is -2.35. The molecule has 1 saturated heterocycles. The molecular weight excluding hydrogens is 630 g/mol. The maximum Gasteiger partial charge on any atom is 0.251 e. The quantitative estimate of drug-likeness (QED) is 0.310. The Labute approximate surface area is 263 Å². The Morgan fingerprint density at radius 3 is 2.60 bits per heavy atom. The number of rotatable bonds is 11. The molecule has 2 N–H and O–H groups in total. The summed E-state index contributed by atoms with van der Waals surface area (Å²) in [6, 6.07) is 13.8. The zero-order chi connectivity index (χ0) is 32.9. The van der Waals surface area contributed by atoms with Gasteiger partial charge in [0.15, 0.2) is 0 Å². The van der Waals surface area contributed by atoms with E-state index in [1.165, 1.54) is 54.7 Å². The van der Waals surface area contributed by atoms with Crippen LogP contribution in [0.3, 0.4) is 0 Å². The molecule has 0 saturated carbocycles. The minimum absolute atomic E-state index is 0.0207. The SMILES string of the molecule is CC(F)(F)CCNC(=O)C(c1ccccc1Cl)N(C(=O)C1CCC(=O)N1c1cc(C#N)ccn1)c1cccc(NS(C)(=O)=O)c1. The first-order valence-electron chi connectivity index (χ1n) is 13.7. The van der Waals surface area contributed by atoms with E-state index in [0.717, 1.165) is 16.1 Å². The summed E-state index contributed by atoms with van der Waals surface area (Å²) < 4.78 is 53.6. The number of hydrogen-bond donors (Lipinski definition) is 2. The second-order valence-electron chi connectivity index (χ2n) is 10.5. The molecule has 1 aliphatic rings. The van der Waals surface area contributed by atoms with Crippen LogP contribution in [0.15, 0.2) is 66.9 Å². The van der Waals surface area contributed by atoms with Gasteiger partial charge in [-0.25, -0.2) is 22.2 Å². The number of sulfonamides is 1. The minimum atomic E-state index is -3.75. The molecule has 236 valence electrons. The Hall–Kier alpha value is -4.61. The molecule has 15 heteroatoms. The molecule has 3 aromatic rings. The lowest BCUT2D eigenvalue weighted by atomic mass is 10.0. The summed E-state index contributed by atoms with van der Waals surface area (Å²) in [5.74, 6) is -5.09. The number of carbonyl (C=O) groups excluding carboxylic acids is 3. The predicted molar refractivity (Wildman–Crippen MR) is 164 cm³/mol. The summed E-state index contributed by atoms with van der Waals surface area (Å²) >= 11 is 6.53. The van der Waals surface area contributed by atoms with Gasteiger partial charge in [-0.3, -0.25) is 28.9 Å². The van der Waals surface area contributed by atoms with Crippen molar-refractivity contribution >= 4 is 56.5 Å². The standard InChI is InChI=1S/C30H29ClF2N6O5S/c1-30(32,33)13-15-36-28(41)27(22-8-3-4-9-23(22)31)38(21-7-5-6-20(17-21)37-45(2,43)44)29(42)24-10-11-26(40)39(24)25-16-19(18-34)12-14-35-25/h3-9,12,14,16-17,24,27,37H,10-11,13,15H2,1-2H3,(H,36,41). The van der Waals surface area contributed by atoms with E-state index in [-0.39, 0.29) is 46.2 Å². The van der Waals surface area contributed by atoms with Crippen LogP contribution < -0.4 is 19.8 Å². The third-order valence-corrected chi connectivity index (χ3v) is 7.80. The van der Waals surface area contributed by atoms with Gasteiger partial charge in [0, 0.05) is 41.9 Å². The lowest BCUT2D eigenvalue weighted by molar-refractivity contribution is -0.127. The summed E-state index contributed by atoms with van der Waals surface area (Å²) in [5.41, 5.74) is 0.464. The third kappa shape index (κ3) is 8.31. The summed E-state index contributed by atoms with van der Waals surface area (Å²) in [6.07, 6.45) is 1.56. The molecular formula is C30H29ClF2N6O5S. The molecule has 2 atom stereocenters. The average Bonchev–Trinajstić information content (AvgIpc) is 3.36. The number of nitriles is 1. The molecule has 11 nitrogen and oxygen atoms in total. The van der Waals surface area contributed by atoms with Gasteiger partial charge >= 0.3 is 0 Å². The van der Waals surface area contributed by atoms with Gasteiger partial charge in [-0.05, 0) is 49.7 Å². The summed E-state index contributed by atoms with van der Waals surface area (Å²) in [4.78, 5) is 48.0. The van der Waals surface area contributed by atoms with Crippen LogP contribution in [0.5, 0.6) is 0 Å². The van der Waals surface area contributed by atoms with E-state index in [0.29, 0.717) is 6.92 Å². The van der Waals surface area contributed by atoms with Gasteiger partial charge in [0.1, 0.15) is 17.9 Å². The van der Waals surface area contributed by atoms with Crippen molar-refractivity contribution in [3.05, 3.63) is 83.0 Å². The van der Waals surface area contributed by atoms with Crippen LogP contribution in [0.2, 0.25) is 5.02 Å². The number of alkyl halides is 2. The maximum atomic E-state index is 14.6. The van der Waals surface area contributed by atoms with Crippen molar-refractivity contribution in [2.24, 2.45) is 0 Å². The van der Waals surface area contributed by atoms with E-state index >= 15 is 0 Å². The molecule has 0 radical (unpaired) electrons. The van der Waals surface area contributed by atoms with E-state index in [4.69, 9.17) is 11.6 Å². The van der Waals surface area contributed by atoms with Crippen molar-refractivity contribution in [1.82, 2.24) is 10.3 Å². The lowest BCUT2D eigenvalue weighted by Crippen LogP contribution is -2.52. The molecule has 2 unspecified atom stereocenters. The van der Waals surface area contributed by atoms with Crippen molar-refractivity contribution in [3.63, 3.8) is 0 Å². The number of nitrogens with zero attached hydrogens (tertiary/aromatic N) is 4. The maximum absolute atomic E-state index is 14.6. The van der Waals surface area contributed by atoms with Crippen molar-refractivity contribution < 1.29 is 31.6 Å². The van der Waals surface area contributed by atoms with E-state index in [2.05, 4.69) is 15.0 Å². The summed E-state index contributed by atoms with van der Waals surface area (Å²) in [6.45, 7) is 0.280. The van der Waals surface area contributed by atoms with Gasteiger partial charge in [0.2, 0.25) is 27.8 Å². The highest BCUT2D eigenvalue weighted by atomic mass is 35.5. The molecule has 1 fully saturated rings. The smallest absolute Gasteiger partial charge is 0.251 e. The fourth-order valence-electron chi connectivity index (χ4n) is 4.92. The van der Waals surface area contributed by atoms with Gasteiger partial charge in [0.25, 0.3) is 5.91 Å². The largest absolute Gasteiger partial charge is 0.354 e. The van der Waals surface area contributed by atoms with Gasteiger partial charge in [0.05, 0.1) is 23.6 Å². The average molecular weight is 659 g/mol. The Morgan fingerprint density at radius 1 is 1.20 bits per heavy atom. The van der Waals surface area contributed by atoms with Crippen molar-refractivity contribution in [1.29, 1.82) is 5.26 Å². The molecule has 4 rings (SSSR count). The molecule has 0 bridgehead atoms. The molecule has 0 aliphatic carbocycles. The minimum Gasteiger partial charge on any atom is -0.354 e. The monoisotopic (exact) mass is 658 g/mol. The number of anilines is 3. The van der Waals surface area contributed by atoms with Crippen LogP contribution in [0.4, 0.5) is 26.0 Å². The highest BCUT2D eigenvalue weighted by Crippen LogP contribution is 2.37. The molecule has 2 aromatic carbocycles. The topological polar surface area (TPSA) is 153 Å². The van der Waals surface area contributed by atoms with E-state index in [9.17, 15) is 36.8 Å². The molecule has 2 heterocycles. The van der Waals surface area contributed by atoms with Crippen LogP contribution in [-0.2, 0) is 24.4 Å². The van der Waals surface area contributed by atoms with E-state index in [1.54, 1.807) is 12.1 Å². The molecule has 0 spiro atoms. The number of benzene rings is 2.